The van der Waals surface area contributed by atoms with Crippen LogP contribution in [0.4, 0.5) is 5.69 Å². The van der Waals surface area contributed by atoms with Crippen molar-refractivity contribution in [2.24, 2.45) is 0 Å². The summed E-state index contributed by atoms with van der Waals surface area (Å²) in [7, 11) is 0. The van der Waals surface area contributed by atoms with Crippen molar-refractivity contribution in [3.8, 4) is 0 Å². The molecule has 0 aromatic heterocycles. The quantitative estimate of drug-likeness (QED) is 0.724. The van der Waals surface area contributed by atoms with Crippen LogP contribution in [0.25, 0.3) is 0 Å². The van der Waals surface area contributed by atoms with Crippen LogP contribution in [0.2, 0.25) is 0 Å². The van der Waals surface area contributed by atoms with Gasteiger partial charge in [0.25, 0.3) is 0 Å². The number of hydrogen-bond donors (Lipinski definition) is 3. The molecule has 122 valence electrons. The Morgan fingerprint density at radius 2 is 1.86 bits per heavy atom. The van der Waals surface area contributed by atoms with Crippen LogP contribution in [0.3, 0.4) is 0 Å². The summed E-state index contributed by atoms with van der Waals surface area (Å²) in [5.41, 5.74) is 1.74. The average molecular weight is 306 g/mol. The van der Waals surface area contributed by atoms with Gasteiger partial charge in [0.1, 0.15) is 6.04 Å². The Kier molecular flexibility index (Phi) is 6.56. The van der Waals surface area contributed by atoms with Crippen molar-refractivity contribution in [3.63, 3.8) is 0 Å². The maximum Gasteiger partial charge on any atom is 0.320 e. The lowest BCUT2D eigenvalue weighted by atomic mass is 9.86. The Labute approximate surface area is 132 Å². The molecule has 0 fully saturated rings. The molecular formula is C17H26N2O3. The first-order valence-electron chi connectivity index (χ1n) is 7.61. The van der Waals surface area contributed by atoms with E-state index in [1.807, 2.05) is 31.2 Å². The molecule has 1 atom stereocenters. The van der Waals surface area contributed by atoms with E-state index in [1.54, 1.807) is 0 Å². The van der Waals surface area contributed by atoms with Gasteiger partial charge >= 0.3 is 5.97 Å². The minimum Gasteiger partial charge on any atom is -0.480 e. The van der Waals surface area contributed by atoms with E-state index in [-0.39, 0.29) is 17.9 Å². The summed E-state index contributed by atoms with van der Waals surface area (Å²) < 4.78 is 0. The summed E-state index contributed by atoms with van der Waals surface area (Å²) in [5, 5.41) is 14.7. The molecule has 0 aliphatic carbocycles. The Bertz CT molecular complexity index is 521. The summed E-state index contributed by atoms with van der Waals surface area (Å²) in [6, 6.07) is 6.97. The molecule has 0 aliphatic rings. The van der Waals surface area contributed by atoms with Crippen LogP contribution >= 0.6 is 0 Å². The summed E-state index contributed by atoms with van der Waals surface area (Å²) in [5.74, 6) is -1.16. The second-order valence-corrected chi connectivity index (χ2v) is 6.40. The number of carbonyl (C=O) groups is 2. The topological polar surface area (TPSA) is 78.4 Å². The number of carbonyl (C=O) groups excluding carboxylic acids is 1. The molecule has 1 aromatic carbocycles. The van der Waals surface area contributed by atoms with Crippen molar-refractivity contribution in [3.05, 3.63) is 29.8 Å². The van der Waals surface area contributed by atoms with Gasteiger partial charge in [-0.25, -0.2) is 0 Å². The van der Waals surface area contributed by atoms with Crippen LogP contribution in [-0.2, 0) is 15.0 Å². The largest absolute Gasteiger partial charge is 0.480 e. The highest BCUT2D eigenvalue weighted by atomic mass is 16.4. The first-order valence-corrected chi connectivity index (χ1v) is 7.61. The normalized spacial score (nSPS) is 12.7. The fourth-order valence-corrected chi connectivity index (χ4v) is 2.26. The highest BCUT2D eigenvalue weighted by molar-refractivity contribution is 5.93. The lowest BCUT2D eigenvalue weighted by Gasteiger charge is -2.23. The maximum absolute atomic E-state index is 12.1. The number of aliphatic carboxylic acids is 1. The summed E-state index contributed by atoms with van der Waals surface area (Å²) in [6.07, 6.45) is 1.25. The minimum absolute atomic E-state index is 0.0184. The van der Waals surface area contributed by atoms with Crippen LogP contribution < -0.4 is 10.6 Å². The first kappa shape index (κ1) is 18.2. The van der Waals surface area contributed by atoms with E-state index in [1.165, 1.54) is 0 Å². The molecule has 3 N–H and O–H groups in total. The van der Waals surface area contributed by atoms with Crippen LogP contribution in [0.1, 0.15) is 46.1 Å². The van der Waals surface area contributed by atoms with Gasteiger partial charge in [0.15, 0.2) is 0 Å². The van der Waals surface area contributed by atoms with Crippen molar-refractivity contribution in [2.75, 3.05) is 11.9 Å². The second kappa shape index (κ2) is 7.94. The van der Waals surface area contributed by atoms with Crippen molar-refractivity contribution < 1.29 is 14.7 Å². The standard InChI is InChI=1S/C17H26N2O3/c1-5-8-14(16(21)22)18-11-15(20)19-13-10-7-6-9-12(13)17(2,3)4/h6-7,9-10,14,18H,5,8,11H2,1-4H3,(H,19,20)(H,21,22). The predicted octanol–water partition coefficient (Wildman–Crippen LogP) is 2.77. The highest BCUT2D eigenvalue weighted by Gasteiger charge is 2.20. The van der Waals surface area contributed by atoms with Gasteiger partial charge in [0, 0.05) is 5.69 Å². The van der Waals surface area contributed by atoms with E-state index in [9.17, 15) is 9.59 Å². The molecule has 1 aromatic rings. The zero-order valence-corrected chi connectivity index (χ0v) is 13.8. The van der Waals surface area contributed by atoms with Gasteiger partial charge in [-0.3, -0.25) is 14.9 Å². The number of anilines is 1. The van der Waals surface area contributed by atoms with Crippen LogP contribution in [-0.4, -0.2) is 29.6 Å². The maximum atomic E-state index is 12.1. The lowest BCUT2D eigenvalue weighted by Crippen LogP contribution is -2.41. The number of hydrogen-bond acceptors (Lipinski definition) is 3. The second-order valence-electron chi connectivity index (χ2n) is 6.40. The molecule has 22 heavy (non-hydrogen) atoms. The molecule has 0 bridgehead atoms. The highest BCUT2D eigenvalue weighted by Crippen LogP contribution is 2.29. The third-order valence-corrected chi connectivity index (χ3v) is 3.39. The zero-order chi connectivity index (χ0) is 16.8. The molecule has 1 amide bonds. The molecule has 5 heteroatoms. The minimum atomic E-state index is -0.926. The van der Waals surface area contributed by atoms with Gasteiger partial charge in [-0.05, 0) is 23.5 Å². The van der Waals surface area contributed by atoms with Crippen LogP contribution in [0, 0.1) is 0 Å². The van der Waals surface area contributed by atoms with Crippen LogP contribution in [0.15, 0.2) is 24.3 Å². The number of rotatable bonds is 7. The van der Waals surface area contributed by atoms with Crippen molar-refractivity contribution in [2.45, 2.75) is 52.0 Å². The molecule has 0 aliphatic heterocycles. The third kappa shape index (κ3) is 5.48. The third-order valence-electron chi connectivity index (χ3n) is 3.39. The van der Waals surface area contributed by atoms with E-state index in [4.69, 9.17) is 5.11 Å². The summed E-state index contributed by atoms with van der Waals surface area (Å²) >= 11 is 0. The number of benzene rings is 1. The first-order chi connectivity index (χ1) is 10.3. The molecular weight excluding hydrogens is 280 g/mol. The number of amides is 1. The van der Waals surface area contributed by atoms with Gasteiger partial charge in [0.2, 0.25) is 5.91 Å². The molecule has 0 heterocycles. The molecule has 5 nitrogen and oxygen atoms in total. The Morgan fingerprint density at radius 1 is 1.23 bits per heavy atom. The van der Waals surface area contributed by atoms with Crippen molar-refractivity contribution >= 4 is 17.6 Å². The van der Waals surface area contributed by atoms with Gasteiger partial charge < -0.3 is 10.4 Å². The summed E-state index contributed by atoms with van der Waals surface area (Å²) in [6.45, 7) is 8.14. The number of para-hydroxylation sites is 1. The Hall–Kier alpha value is -1.88. The molecule has 0 saturated heterocycles. The molecule has 1 unspecified atom stereocenters. The number of nitrogens with one attached hydrogen (secondary N) is 2. The van der Waals surface area contributed by atoms with E-state index in [0.29, 0.717) is 6.42 Å². The van der Waals surface area contributed by atoms with E-state index in [0.717, 1.165) is 17.7 Å². The monoisotopic (exact) mass is 306 g/mol. The van der Waals surface area contributed by atoms with E-state index >= 15 is 0 Å². The lowest BCUT2D eigenvalue weighted by molar-refractivity contribution is -0.139. The van der Waals surface area contributed by atoms with E-state index < -0.39 is 12.0 Å². The zero-order valence-electron chi connectivity index (χ0n) is 13.8. The average Bonchev–Trinajstić information content (AvgIpc) is 2.42. The fraction of sp³-hybridized carbons (Fsp3) is 0.529. The smallest absolute Gasteiger partial charge is 0.320 e. The van der Waals surface area contributed by atoms with Gasteiger partial charge in [0.05, 0.1) is 6.54 Å². The molecule has 0 radical (unpaired) electrons. The van der Waals surface area contributed by atoms with Gasteiger partial charge in [-0.15, -0.1) is 0 Å². The molecule has 0 saturated carbocycles. The Balaban J connectivity index is 2.68. The number of carboxylic acids is 1. The van der Waals surface area contributed by atoms with Crippen molar-refractivity contribution in [1.29, 1.82) is 0 Å². The van der Waals surface area contributed by atoms with Crippen molar-refractivity contribution in [1.82, 2.24) is 5.32 Å². The Morgan fingerprint density at radius 3 is 2.41 bits per heavy atom. The molecule has 1 rings (SSSR count). The van der Waals surface area contributed by atoms with Gasteiger partial charge in [-0.1, -0.05) is 52.3 Å². The van der Waals surface area contributed by atoms with E-state index in [2.05, 4.69) is 31.4 Å². The number of carboxylic acid groups (broad SMARTS) is 1. The van der Waals surface area contributed by atoms with Gasteiger partial charge in [-0.2, -0.15) is 0 Å². The fourth-order valence-electron chi connectivity index (χ4n) is 2.26. The SMILES string of the molecule is CCCC(NCC(=O)Nc1ccccc1C(C)(C)C)C(=O)O. The molecule has 0 spiro atoms. The predicted molar refractivity (Wildman–Crippen MR) is 88.1 cm³/mol. The van der Waals surface area contributed by atoms with Crippen LogP contribution in [0.5, 0.6) is 0 Å². The summed E-state index contributed by atoms with van der Waals surface area (Å²) in [4.78, 5) is 23.1.